The van der Waals surface area contributed by atoms with Crippen LogP contribution in [0.4, 0.5) is 4.39 Å². The van der Waals surface area contributed by atoms with Crippen molar-refractivity contribution in [2.24, 2.45) is 0 Å². The Labute approximate surface area is 113 Å². The summed E-state index contributed by atoms with van der Waals surface area (Å²) < 4.78 is 13.8. The van der Waals surface area contributed by atoms with Crippen molar-refractivity contribution in [3.05, 3.63) is 69.5 Å². The summed E-state index contributed by atoms with van der Waals surface area (Å²) in [7, 11) is 0. The topological polar surface area (TPSA) is 17.1 Å². The van der Waals surface area contributed by atoms with Crippen molar-refractivity contribution < 1.29 is 9.18 Å². The van der Waals surface area contributed by atoms with Crippen LogP contribution in [0.5, 0.6) is 0 Å². The first kappa shape index (κ1) is 13.5. The van der Waals surface area contributed by atoms with Crippen molar-refractivity contribution in [3.8, 4) is 0 Å². The molecular formula is C17H17FO. The van der Waals surface area contributed by atoms with E-state index >= 15 is 0 Å². The van der Waals surface area contributed by atoms with Gasteiger partial charge in [-0.1, -0.05) is 29.8 Å². The SMILES string of the molecule is Cc1ccc(Cc2cc(C=O)c(F)c(C)c2C)cc1. The van der Waals surface area contributed by atoms with Crippen LogP contribution in [-0.4, -0.2) is 6.29 Å². The van der Waals surface area contributed by atoms with Gasteiger partial charge in [0.1, 0.15) is 5.82 Å². The summed E-state index contributed by atoms with van der Waals surface area (Å²) in [6.07, 6.45) is 1.30. The minimum atomic E-state index is -0.403. The lowest BCUT2D eigenvalue weighted by atomic mass is 9.94. The van der Waals surface area contributed by atoms with Gasteiger partial charge in [0, 0.05) is 0 Å². The molecule has 2 rings (SSSR count). The molecule has 98 valence electrons. The highest BCUT2D eigenvalue weighted by Crippen LogP contribution is 2.22. The summed E-state index contributed by atoms with van der Waals surface area (Å²) in [5, 5.41) is 0. The second-order valence-corrected chi connectivity index (χ2v) is 4.97. The van der Waals surface area contributed by atoms with Gasteiger partial charge >= 0.3 is 0 Å². The van der Waals surface area contributed by atoms with Gasteiger partial charge in [0.15, 0.2) is 6.29 Å². The van der Waals surface area contributed by atoms with Crippen LogP contribution in [0.2, 0.25) is 0 Å². The Kier molecular flexibility index (Phi) is 3.79. The average molecular weight is 256 g/mol. The fraction of sp³-hybridized carbons (Fsp3) is 0.235. The molecule has 0 aromatic heterocycles. The number of benzene rings is 2. The van der Waals surface area contributed by atoms with Crippen molar-refractivity contribution in [3.63, 3.8) is 0 Å². The van der Waals surface area contributed by atoms with Gasteiger partial charge in [-0.05, 0) is 55.5 Å². The molecule has 0 saturated heterocycles. The van der Waals surface area contributed by atoms with E-state index in [9.17, 15) is 9.18 Å². The molecule has 0 N–H and O–H groups in total. The molecule has 0 spiro atoms. The lowest BCUT2D eigenvalue weighted by molar-refractivity contribution is 0.111. The Bertz CT molecular complexity index is 612. The quantitative estimate of drug-likeness (QED) is 0.754. The first-order valence-corrected chi connectivity index (χ1v) is 6.32. The number of aldehydes is 1. The van der Waals surface area contributed by atoms with Crippen LogP contribution >= 0.6 is 0 Å². The second-order valence-electron chi connectivity index (χ2n) is 4.97. The number of carbonyl (C=O) groups is 1. The maximum absolute atomic E-state index is 13.8. The highest BCUT2D eigenvalue weighted by molar-refractivity contribution is 5.76. The van der Waals surface area contributed by atoms with Gasteiger partial charge in [-0.3, -0.25) is 4.79 Å². The number of hydrogen-bond acceptors (Lipinski definition) is 1. The van der Waals surface area contributed by atoms with Gasteiger partial charge in [0.05, 0.1) is 5.56 Å². The molecule has 0 heterocycles. The molecule has 0 saturated carbocycles. The highest BCUT2D eigenvalue weighted by atomic mass is 19.1. The minimum Gasteiger partial charge on any atom is -0.298 e. The maximum Gasteiger partial charge on any atom is 0.153 e. The summed E-state index contributed by atoms with van der Waals surface area (Å²) in [6, 6.07) is 9.90. The van der Waals surface area contributed by atoms with Crippen LogP contribution in [0.25, 0.3) is 0 Å². The van der Waals surface area contributed by atoms with Crippen molar-refractivity contribution in [1.29, 1.82) is 0 Å². The summed E-state index contributed by atoms with van der Waals surface area (Å²) in [5.41, 5.74) is 5.01. The van der Waals surface area contributed by atoms with E-state index in [4.69, 9.17) is 0 Å². The summed E-state index contributed by atoms with van der Waals surface area (Å²) in [6.45, 7) is 5.66. The number of halogens is 1. The molecule has 19 heavy (non-hydrogen) atoms. The first-order valence-electron chi connectivity index (χ1n) is 6.32. The largest absolute Gasteiger partial charge is 0.298 e. The molecule has 0 fully saturated rings. The van der Waals surface area contributed by atoms with E-state index in [1.54, 1.807) is 13.0 Å². The predicted molar refractivity (Wildman–Crippen MR) is 75.2 cm³/mol. The summed E-state index contributed by atoms with van der Waals surface area (Å²) in [4.78, 5) is 10.9. The molecule has 0 radical (unpaired) electrons. The Balaban J connectivity index is 2.42. The van der Waals surface area contributed by atoms with Crippen molar-refractivity contribution in [1.82, 2.24) is 0 Å². The average Bonchev–Trinajstić information content (AvgIpc) is 2.42. The third-order valence-electron chi connectivity index (χ3n) is 3.60. The molecule has 2 heteroatoms. The number of aryl methyl sites for hydroxylation is 1. The zero-order valence-electron chi connectivity index (χ0n) is 11.5. The van der Waals surface area contributed by atoms with Gasteiger partial charge in [0.2, 0.25) is 0 Å². The molecular weight excluding hydrogens is 239 g/mol. The third-order valence-corrected chi connectivity index (χ3v) is 3.60. The molecule has 0 amide bonds. The molecule has 2 aromatic carbocycles. The summed E-state index contributed by atoms with van der Waals surface area (Å²) >= 11 is 0. The van der Waals surface area contributed by atoms with Crippen LogP contribution in [0.15, 0.2) is 30.3 Å². The molecule has 1 nitrogen and oxygen atoms in total. The van der Waals surface area contributed by atoms with Gasteiger partial charge in [-0.25, -0.2) is 4.39 Å². The molecule has 2 aromatic rings. The van der Waals surface area contributed by atoms with Gasteiger partial charge < -0.3 is 0 Å². The molecule has 0 aliphatic rings. The smallest absolute Gasteiger partial charge is 0.153 e. The van der Waals surface area contributed by atoms with E-state index in [0.717, 1.165) is 16.7 Å². The van der Waals surface area contributed by atoms with Gasteiger partial charge in [0.25, 0.3) is 0 Å². The van der Waals surface area contributed by atoms with Crippen LogP contribution in [0.3, 0.4) is 0 Å². The fourth-order valence-corrected chi connectivity index (χ4v) is 2.18. The summed E-state index contributed by atoms with van der Waals surface area (Å²) in [5.74, 6) is -0.403. The Morgan fingerprint density at radius 1 is 1.05 bits per heavy atom. The van der Waals surface area contributed by atoms with Crippen LogP contribution in [0, 0.1) is 26.6 Å². The van der Waals surface area contributed by atoms with Gasteiger partial charge in [-0.15, -0.1) is 0 Å². The molecule has 0 bridgehead atoms. The van der Waals surface area contributed by atoms with Crippen LogP contribution in [-0.2, 0) is 6.42 Å². The number of rotatable bonds is 3. The molecule has 0 unspecified atom stereocenters. The lowest BCUT2D eigenvalue weighted by Gasteiger charge is -2.12. The minimum absolute atomic E-state index is 0.144. The number of carbonyl (C=O) groups excluding carboxylic acids is 1. The highest BCUT2D eigenvalue weighted by Gasteiger charge is 2.12. The second kappa shape index (κ2) is 5.35. The maximum atomic E-state index is 13.8. The molecule has 0 aliphatic heterocycles. The standard InChI is InChI=1S/C17H17FO/c1-11-4-6-14(7-5-11)8-15-9-16(10-19)17(18)13(3)12(15)2/h4-7,9-10H,8H2,1-3H3. The monoisotopic (exact) mass is 256 g/mol. The van der Waals surface area contributed by atoms with E-state index in [1.807, 2.05) is 13.8 Å². The fourth-order valence-electron chi connectivity index (χ4n) is 2.18. The molecule has 0 atom stereocenters. The first-order chi connectivity index (χ1) is 9.02. The van der Waals surface area contributed by atoms with E-state index in [2.05, 4.69) is 24.3 Å². The van der Waals surface area contributed by atoms with Crippen molar-refractivity contribution in [2.75, 3.05) is 0 Å². The number of hydrogen-bond donors (Lipinski definition) is 0. The van der Waals surface area contributed by atoms with E-state index < -0.39 is 5.82 Å². The van der Waals surface area contributed by atoms with E-state index in [-0.39, 0.29) is 5.56 Å². The normalized spacial score (nSPS) is 10.5. The van der Waals surface area contributed by atoms with E-state index in [0.29, 0.717) is 18.3 Å². The zero-order chi connectivity index (χ0) is 14.0. The Hall–Kier alpha value is -1.96. The van der Waals surface area contributed by atoms with Crippen molar-refractivity contribution >= 4 is 6.29 Å². The Morgan fingerprint density at radius 2 is 1.68 bits per heavy atom. The van der Waals surface area contributed by atoms with E-state index in [1.165, 1.54) is 5.56 Å². The zero-order valence-corrected chi connectivity index (χ0v) is 11.5. The Morgan fingerprint density at radius 3 is 2.26 bits per heavy atom. The predicted octanol–water partition coefficient (Wildman–Crippen LogP) is 4.15. The van der Waals surface area contributed by atoms with Crippen LogP contribution < -0.4 is 0 Å². The lowest BCUT2D eigenvalue weighted by Crippen LogP contribution is -2.01. The van der Waals surface area contributed by atoms with Crippen LogP contribution in [0.1, 0.15) is 38.2 Å². The van der Waals surface area contributed by atoms with Crippen molar-refractivity contribution in [2.45, 2.75) is 27.2 Å². The third kappa shape index (κ3) is 2.73. The van der Waals surface area contributed by atoms with Gasteiger partial charge in [-0.2, -0.15) is 0 Å². The molecule has 0 aliphatic carbocycles.